The highest BCUT2D eigenvalue weighted by Gasteiger charge is 2.31. The van der Waals surface area contributed by atoms with Crippen LogP contribution in [-0.2, 0) is 38.1 Å². The number of ether oxygens (including phenoxy) is 4. The van der Waals surface area contributed by atoms with Gasteiger partial charge in [0.1, 0.15) is 25.4 Å². The normalized spacial score (nSPS) is 16.2. The summed E-state index contributed by atoms with van der Waals surface area (Å²) in [6, 6.07) is 0. The molecule has 0 aliphatic heterocycles. The van der Waals surface area contributed by atoms with Crippen LogP contribution in [-0.4, -0.2) is 61.1 Å². The molecule has 0 heterocycles. The van der Waals surface area contributed by atoms with Crippen molar-refractivity contribution in [2.75, 3.05) is 13.2 Å². The van der Waals surface area contributed by atoms with Crippen LogP contribution in [0.2, 0.25) is 0 Å². The first kappa shape index (κ1) is 28.2. The van der Waals surface area contributed by atoms with Crippen molar-refractivity contribution in [3.8, 4) is 0 Å². The molecule has 0 radical (unpaired) electrons. The molecule has 30 heavy (non-hydrogen) atoms. The second-order valence-electron chi connectivity index (χ2n) is 9.40. The summed E-state index contributed by atoms with van der Waals surface area (Å²) in [5, 5.41) is 0. The van der Waals surface area contributed by atoms with Gasteiger partial charge >= 0.3 is 11.9 Å². The molecule has 0 bridgehead atoms. The third-order valence-electron chi connectivity index (χ3n) is 4.27. The van der Waals surface area contributed by atoms with Crippen molar-refractivity contribution < 1.29 is 38.1 Å². The molecule has 0 N–H and O–H groups in total. The van der Waals surface area contributed by atoms with Gasteiger partial charge < -0.3 is 18.9 Å². The van der Waals surface area contributed by atoms with E-state index in [-0.39, 0.29) is 24.8 Å². The number of carbonyl (C=O) groups excluding carboxylic acids is 4. The van der Waals surface area contributed by atoms with Crippen molar-refractivity contribution in [2.45, 2.75) is 93.7 Å². The molecule has 0 fully saturated rings. The van der Waals surface area contributed by atoms with Crippen LogP contribution in [0.5, 0.6) is 0 Å². The van der Waals surface area contributed by atoms with E-state index >= 15 is 0 Å². The number of rotatable bonds is 11. The summed E-state index contributed by atoms with van der Waals surface area (Å²) in [5.41, 5.74) is -1.16. The molecule has 0 aliphatic rings. The zero-order valence-corrected chi connectivity index (χ0v) is 20.0. The standard InChI is InChI=1S/C22H38O8/c1-13(17(23)21(5,6)7)29-15(3)19(25)27-11-12-28-20(26)16(4)30-14(2)18(24)22(8,9)10/h13-16H,11-12H2,1-10H3. The maximum atomic E-state index is 12.1. The van der Waals surface area contributed by atoms with Gasteiger partial charge in [-0.1, -0.05) is 41.5 Å². The Morgan fingerprint density at radius 3 is 1.07 bits per heavy atom. The quantitative estimate of drug-likeness (QED) is 0.364. The molecule has 0 aromatic heterocycles. The van der Waals surface area contributed by atoms with Gasteiger partial charge in [-0.05, 0) is 27.7 Å². The summed E-state index contributed by atoms with van der Waals surface area (Å²) in [4.78, 5) is 48.2. The maximum absolute atomic E-state index is 12.1. The van der Waals surface area contributed by atoms with E-state index in [2.05, 4.69) is 0 Å². The average Bonchev–Trinajstić information content (AvgIpc) is 2.61. The average molecular weight is 431 g/mol. The number of Topliss-reactive ketones (excluding diaryl/α,β-unsaturated/α-hetero) is 2. The Morgan fingerprint density at radius 2 is 0.833 bits per heavy atom. The Morgan fingerprint density at radius 1 is 0.567 bits per heavy atom. The highest BCUT2D eigenvalue weighted by molar-refractivity contribution is 5.88. The van der Waals surface area contributed by atoms with E-state index < -0.39 is 47.2 Å². The second-order valence-corrected chi connectivity index (χ2v) is 9.40. The second kappa shape index (κ2) is 11.6. The molecule has 4 atom stereocenters. The lowest BCUT2D eigenvalue weighted by Gasteiger charge is -2.24. The lowest BCUT2D eigenvalue weighted by molar-refractivity contribution is -0.170. The molecule has 8 heteroatoms. The van der Waals surface area contributed by atoms with E-state index in [1.807, 2.05) is 0 Å². The van der Waals surface area contributed by atoms with Crippen molar-refractivity contribution in [3.63, 3.8) is 0 Å². The Labute approximate surface area is 180 Å². The first-order valence-electron chi connectivity index (χ1n) is 10.2. The fraction of sp³-hybridized carbons (Fsp3) is 0.818. The molecule has 0 spiro atoms. The summed E-state index contributed by atoms with van der Waals surface area (Å²) in [7, 11) is 0. The van der Waals surface area contributed by atoms with Crippen molar-refractivity contribution >= 4 is 23.5 Å². The molecule has 0 aromatic rings. The molecule has 174 valence electrons. The van der Waals surface area contributed by atoms with E-state index in [0.29, 0.717) is 0 Å². The van der Waals surface area contributed by atoms with E-state index in [9.17, 15) is 19.2 Å². The number of hydrogen-bond donors (Lipinski definition) is 0. The molecule has 0 rings (SSSR count). The van der Waals surface area contributed by atoms with Gasteiger partial charge in [-0.25, -0.2) is 9.59 Å². The van der Waals surface area contributed by atoms with Crippen molar-refractivity contribution in [1.82, 2.24) is 0 Å². The minimum Gasteiger partial charge on any atom is -0.460 e. The van der Waals surface area contributed by atoms with Crippen LogP contribution in [0.4, 0.5) is 0 Å². The van der Waals surface area contributed by atoms with Crippen molar-refractivity contribution in [2.24, 2.45) is 10.8 Å². The molecule has 0 saturated carbocycles. The van der Waals surface area contributed by atoms with E-state index in [0.717, 1.165) is 0 Å². The predicted octanol–water partition coefficient (Wildman–Crippen LogP) is 2.89. The summed E-state index contributed by atoms with van der Waals surface area (Å²) in [5.74, 6) is -1.56. The first-order valence-corrected chi connectivity index (χ1v) is 10.2. The lowest BCUT2D eigenvalue weighted by Crippen LogP contribution is -2.38. The molecule has 0 amide bonds. The first-order chi connectivity index (χ1) is 13.5. The number of ketones is 2. The molecule has 0 aliphatic carbocycles. The minimum atomic E-state index is -0.937. The summed E-state index contributed by atoms with van der Waals surface area (Å²) >= 11 is 0. The summed E-state index contributed by atoms with van der Waals surface area (Å²) in [6.07, 6.45) is -3.37. The van der Waals surface area contributed by atoms with Gasteiger partial charge in [0.25, 0.3) is 0 Å². The van der Waals surface area contributed by atoms with Crippen LogP contribution in [0.1, 0.15) is 69.2 Å². The zero-order chi connectivity index (χ0) is 23.9. The summed E-state index contributed by atoms with van der Waals surface area (Å²) in [6.45, 7) is 16.5. The van der Waals surface area contributed by atoms with E-state index in [4.69, 9.17) is 18.9 Å². The number of hydrogen-bond acceptors (Lipinski definition) is 8. The summed E-state index contributed by atoms with van der Waals surface area (Å²) < 4.78 is 20.9. The highest BCUT2D eigenvalue weighted by Crippen LogP contribution is 2.20. The molecule has 4 unspecified atom stereocenters. The highest BCUT2D eigenvalue weighted by atomic mass is 16.6. The molecule has 0 saturated heterocycles. The maximum Gasteiger partial charge on any atom is 0.335 e. The topological polar surface area (TPSA) is 105 Å². The Kier molecular flexibility index (Phi) is 10.9. The third kappa shape index (κ3) is 9.80. The number of carbonyl (C=O) groups is 4. The van der Waals surface area contributed by atoms with Gasteiger partial charge in [0, 0.05) is 10.8 Å². The third-order valence-corrected chi connectivity index (χ3v) is 4.27. The molecule has 8 nitrogen and oxygen atoms in total. The van der Waals surface area contributed by atoms with Gasteiger partial charge in [0.2, 0.25) is 0 Å². The predicted molar refractivity (Wildman–Crippen MR) is 111 cm³/mol. The van der Waals surface area contributed by atoms with Crippen LogP contribution >= 0.6 is 0 Å². The van der Waals surface area contributed by atoms with Crippen LogP contribution in [0.3, 0.4) is 0 Å². The van der Waals surface area contributed by atoms with Crippen LogP contribution in [0.15, 0.2) is 0 Å². The smallest absolute Gasteiger partial charge is 0.335 e. The monoisotopic (exact) mass is 430 g/mol. The minimum absolute atomic E-state index is 0.121. The zero-order valence-electron chi connectivity index (χ0n) is 20.0. The van der Waals surface area contributed by atoms with Crippen molar-refractivity contribution in [1.29, 1.82) is 0 Å². The fourth-order valence-corrected chi connectivity index (χ4v) is 2.59. The van der Waals surface area contributed by atoms with Gasteiger partial charge in [0.05, 0.1) is 0 Å². The Bertz CT molecular complexity index is 558. The molecular formula is C22H38O8. The largest absolute Gasteiger partial charge is 0.460 e. The number of esters is 2. The van der Waals surface area contributed by atoms with Crippen LogP contribution in [0.25, 0.3) is 0 Å². The fourth-order valence-electron chi connectivity index (χ4n) is 2.59. The van der Waals surface area contributed by atoms with E-state index in [1.165, 1.54) is 13.8 Å². The molecular weight excluding hydrogens is 392 g/mol. The van der Waals surface area contributed by atoms with Gasteiger partial charge in [-0.15, -0.1) is 0 Å². The SMILES string of the molecule is CC(OC(C)C(=O)C(C)(C)C)C(=O)OCCOC(=O)C(C)OC(C)C(=O)C(C)(C)C. The van der Waals surface area contributed by atoms with Gasteiger partial charge in [-0.2, -0.15) is 0 Å². The Balaban J connectivity index is 4.32. The molecule has 0 aromatic carbocycles. The van der Waals surface area contributed by atoms with Crippen molar-refractivity contribution in [3.05, 3.63) is 0 Å². The lowest BCUT2D eigenvalue weighted by atomic mass is 9.88. The van der Waals surface area contributed by atoms with Gasteiger partial charge in [0.15, 0.2) is 23.8 Å². The Hall–Kier alpha value is -1.80. The van der Waals surface area contributed by atoms with E-state index in [1.54, 1.807) is 55.4 Å². The van der Waals surface area contributed by atoms with Crippen LogP contribution < -0.4 is 0 Å². The van der Waals surface area contributed by atoms with Gasteiger partial charge in [-0.3, -0.25) is 9.59 Å². The van der Waals surface area contributed by atoms with Crippen LogP contribution in [0, 0.1) is 10.8 Å².